The molecule has 0 unspecified atom stereocenters. The Labute approximate surface area is 84.7 Å². The van der Waals surface area contributed by atoms with Gasteiger partial charge in [0.1, 0.15) is 5.82 Å². The van der Waals surface area contributed by atoms with Crippen LogP contribution in [0.2, 0.25) is 0 Å². The van der Waals surface area contributed by atoms with Gasteiger partial charge in [-0.1, -0.05) is 0 Å². The van der Waals surface area contributed by atoms with Crippen LogP contribution in [0.4, 0.5) is 4.39 Å². The second-order valence-electron chi connectivity index (χ2n) is 2.79. The second kappa shape index (κ2) is 3.86. The molecule has 14 heavy (non-hydrogen) atoms. The lowest BCUT2D eigenvalue weighted by Crippen LogP contribution is -1.85. The Morgan fingerprint density at radius 1 is 1.29 bits per heavy atom. The Morgan fingerprint density at radius 3 is 2.64 bits per heavy atom. The summed E-state index contributed by atoms with van der Waals surface area (Å²) in [6, 6.07) is 6.08. The maximum Gasteiger partial charge on any atom is 0.123 e. The molecular formula is C10H8FNOS. The van der Waals surface area contributed by atoms with Crippen LogP contribution in [0.5, 0.6) is 0 Å². The van der Waals surface area contributed by atoms with E-state index in [1.165, 1.54) is 23.5 Å². The van der Waals surface area contributed by atoms with Crippen molar-refractivity contribution in [3.8, 4) is 11.3 Å². The summed E-state index contributed by atoms with van der Waals surface area (Å²) in [6.07, 6.45) is 0. The quantitative estimate of drug-likeness (QED) is 0.824. The van der Waals surface area contributed by atoms with Gasteiger partial charge in [0.15, 0.2) is 0 Å². The molecule has 0 aliphatic rings. The molecule has 0 fully saturated rings. The molecule has 0 saturated carbocycles. The van der Waals surface area contributed by atoms with Crippen molar-refractivity contribution in [1.29, 1.82) is 0 Å². The van der Waals surface area contributed by atoms with Crippen LogP contribution in [-0.4, -0.2) is 10.1 Å². The zero-order valence-corrected chi connectivity index (χ0v) is 8.09. The molecule has 2 nitrogen and oxygen atoms in total. The van der Waals surface area contributed by atoms with Gasteiger partial charge in [0, 0.05) is 5.56 Å². The zero-order chi connectivity index (χ0) is 9.97. The van der Waals surface area contributed by atoms with Crippen LogP contribution < -0.4 is 0 Å². The lowest BCUT2D eigenvalue weighted by Gasteiger charge is -1.99. The van der Waals surface area contributed by atoms with Gasteiger partial charge in [-0.05, 0) is 24.3 Å². The fourth-order valence-corrected chi connectivity index (χ4v) is 1.87. The molecular weight excluding hydrogens is 201 g/mol. The molecule has 2 aromatic rings. The molecule has 1 N–H and O–H groups in total. The Balaban J connectivity index is 2.44. The van der Waals surface area contributed by atoms with E-state index in [9.17, 15) is 4.39 Å². The van der Waals surface area contributed by atoms with E-state index < -0.39 is 0 Å². The molecule has 0 saturated heterocycles. The molecule has 1 heterocycles. The number of halogens is 1. The zero-order valence-electron chi connectivity index (χ0n) is 7.27. The van der Waals surface area contributed by atoms with Crippen LogP contribution in [0.1, 0.15) is 4.88 Å². The highest BCUT2D eigenvalue weighted by Crippen LogP contribution is 2.25. The third kappa shape index (κ3) is 1.66. The predicted octanol–water partition coefficient (Wildman–Crippen LogP) is 2.44. The molecule has 4 heteroatoms. The van der Waals surface area contributed by atoms with Gasteiger partial charge in [0.2, 0.25) is 0 Å². The molecule has 0 bridgehead atoms. The average Bonchev–Trinajstić information content (AvgIpc) is 2.67. The molecule has 2 rings (SSSR count). The first-order valence-corrected chi connectivity index (χ1v) is 4.98. The molecule has 72 valence electrons. The van der Waals surface area contributed by atoms with Gasteiger partial charge < -0.3 is 5.11 Å². The van der Waals surface area contributed by atoms with Crippen molar-refractivity contribution in [3.05, 3.63) is 40.5 Å². The Hall–Kier alpha value is -1.26. The number of nitrogens with zero attached hydrogens (tertiary/aromatic N) is 1. The SMILES string of the molecule is OCc1scnc1-c1ccc(F)cc1. The van der Waals surface area contributed by atoms with Crippen molar-refractivity contribution in [1.82, 2.24) is 4.98 Å². The van der Waals surface area contributed by atoms with Crippen molar-refractivity contribution in [2.75, 3.05) is 0 Å². The number of aromatic nitrogens is 1. The summed E-state index contributed by atoms with van der Waals surface area (Å²) in [4.78, 5) is 4.93. The summed E-state index contributed by atoms with van der Waals surface area (Å²) in [5.74, 6) is -0.269. The van der Waals surface area contributed by atoms with E-state index in [2.05, 4.69) is 4.98 Å². The van der Waals surface area contributed by atoms with E-state index in [1.54, 1.807) is 17.6 Å². The van der Waals surface area contributed by atoms with Crippen molar-refractivity contribution < 1.29 is 9.50 Å². The first-order valence-electron chi connectivity index (χ1n) is 4.10. The maximum absolute atomic E-state index is 12.6. The molecule has 0 amide bonds. The average molecular weight is 209 g/mol. The first kappa shape index (κ1) is 9.30. The summed E-state index contributed by atoms with van der Waals surface area (Å²) in [7, 11) is 0. The molecule has 0 spiro atoms. The van der Waals surface area contributed by atoms with E-state index in [0.29, 0.717) is 0 Å². The second-order valence-corrected chi connectivity index (χ2v) is 3.73. The summed E-state index contributed by atoms with van der Waals surface area (Å²) in [5.41, 5.74) is 3.23. The van der Waals surface area contributed by atoms with Crippen molar-refractivity contribution in [3.63, 3.8) is 0 Å². The predicted molar refractivity (Wildman–Crippen MR) is 53.4 cm³/mol. The standard InChI is InChI=1S/C10H8FNOS/c11-8-3-1-7(2-4-8)10-9(5-13)14-6-12-10/h1-4,6,13H,5H2. The third-order valence-electron chi connectivity index (χ3n) is 1.90. The van der Waals surface area contributed by atoms with E-state index in [4.69, 9.17) is 5.11 Å². The van der Waals surface area contributed by atoms with Crippen LogP contribution in [0, 0.1) is 5.82 Å². The molecule has 0 atom stereocenters. The van der Waals surface area contributed by atoms with Crippen molar-refractivity contribution >= 4 is 11.3 Å². The molecule has 0 aliphatic carbocycles. The van der Waals surface area contributed by atoms with Gasteiger partial charge >= 0.3 is 0 Å². The van der Waals surface area contributed by atoms with Crippen molar-refractivity contribution in [2.45, 2.75) is 6.61 Å². The van der Waals surface area contributed by atoms with Crippen LogP contribution in [0.15, 0.2) is 29.8 Å². The molecule has 1 aromatic carbocycles. The van der Waals surface area contributed by atoms with Gasteiger partial charge in [0.25, 0.3) is 0 Å². The smallest absolute Gasteiger partial charge is 0.123 e. The lowest BCUT2D eigenvalue weighted by atomic mass is 10.1. The van der Waals surface area contributed by atoms with Crippen LogP contribution >= 0.6 is 11.3 Å². The number of rotatable bonds is 2. The maximum atomic E-state index is 12.6. The highest BCUT2D eigenvalue weighted by molar-refractivity contribution is 7.10. The fraction of sp³-hybridized carbons (Fsp3) is 0.100. The van der Waals surface area contributed by atoms with E-state index in [0.717, 1.165) is 16.1 Å². The summed E-state index contributed by atoms with van der Waals surface area (Å²) >= 11 is 1.39. The first-order chi connectivity index (χ1) is 6.81. The van der Waals surface area contributed by atoms with Gasteiger partial charge in [-0.25, -0.2) is 9.37 Å². The van der Waals surface area contributed by atoms with E-state index >= 15 is 0 Å². The van der Waals surface area contributed by atoms with Crippen LogP contribution in [-0.2, 0) is 6.61 Å². The number of aliphatic hydroxyl groups excluding tert-OH is 1. The molecule has 0 aliphatic heterocycles. The number of thiazole rings is 1. The summed E-state index contributed by atoms with van der Waals surface area (Å²) in [6.45, 7) is -0.0304. The highest BCUT2D eigenvalue weighted by Gasteiger charge is 2.07. The molecule has 1 aromatic heterocycles. The summed E-state index contributed by atoms with van der Waals surface area (Å²) < 4.78 is 12.6. The number of hydrogen-bond donors (Lipinski definition) is 1. The minimum Gasteiger partial charge on any atom is -0.391 e. The highest BCUT2D eigenvalue weighted by atomic mass is 32.1. The lowest BCUT2D eigenvalue weighted by molar-refractivity contribution is 0.286. The van der Waals surface area contributed by atoms with Crippen LogP contribution in [0.25, 0.3) is 11.3 Å². The minimum atomic E-state index is -0.269. The Morgan fingerprint density at radius 2 is 2.00 bits per heavy atom. The van der Waals surface area contributed by atoms with E-state index in [-0.39, 0.29) is 12.4 Å². The summed E-state index contributed by atoms with van der Waals surface area (Å²) in [5, 5.41) is 9.02. The number of benzene rings is 1. The number of hydrogen-bond acceptors (Lipinski definition) is 3. The molecule has 0 radical (unpaired) electrons. The van der Waals surface area contributed by atoms with Gasteiger partial charge in [-0.2, -0.15) is 0 Å². The Bertz CT molecular complexity index is 424. The largest absolute Gasteiger partial charge is 0.391 e. The van der Waals surface area contributed by atoms with Crippen LogP contribution in [0.3, 0.4) is 0 Å². The van der Waals surface area contributed by atoms with Gasteiger partial charge in [-0.15, -0.1) is 11.3 Å². The fourth-order valence-electron chi connectivity index (χ4n) is 1.23. The Kier molecular flexibility index (Phi) is 2.56. The van der Waals surface area contributed by atoms with Gasteiger partial charge in [-0.3, -0.25) is 0 Å². The minimum absolute atomic E-state index is 0.0304. The third-order valence-corrected chi connectivity index (χ3v) is 2.72. The monoisotopic (exact) mass is 209 g/mol. The van der Waals surface area contributed by atoms with Crippen molar-refractivity contribution in [2.24, 2.45) is 0 Å². The van der Waals surface area contributed by atoms with Gasteiger partial charge in [0.05, 0.1) is 22.7 Å². The topological polar surface area (TPSA) is 33.1 Å². The van der Waals surface area contributed by atoms with E-state index in [1.807, 2.05) is 0 Å². The number of aliphatic hydroxyl groups is 1. The normalized spacial score (nSPS) is 10.4.